The molecule has 1 saturated heterocycles. The minimum absolute atomic E-state index is 0.155. The van der Waals surface area contributed by atoms with Gasteiger partial charge in [0.2, 0.25) is 0 Å². The molecule has 0 unspecified atom stereocenters. The molecule has 0 atom stereocenters. The second-order valence-electron chi connectivity index (χ2n) is 6.62. The first-order chi connectivity index (χ1) is 12.6. The summed E-state index contributed by atoms with van der Waals surface area (Å²) < 4.78 is 13.2. The number of nitrogens with zero attached hydrogens (tertiary/aromatic N) is 1. The van der Waals surface area contributed by atoms with Crippen LogP contribution in [0.5, 0.6) is 0 Å². The number of allylic oxidation sites excluding steroid dienone is 1. The molecule has 0 radical (unpaired) electrons. The van der Waals surface area contributed by atoms with Crippen LogP contribution in [0.2, 0.25) is 0 Å². The second-order valence-corrected chi connectivity index (χ2v) is 6.62. The summed E-state index contributed by atoms with van der Waals surface area (Å²) in [7, 11) is 0. The standard InChI is InChI=1S/C20H19FN4O/c21-16-10-25(11-16)9-14-5-13-3-4-24-20(26)19(13)18-6-12(1-2-17(14)18)15(7-22)8-23/h1-8,16,22H,9-11,23H2,(H,24,26)/b15-8+,22-7?. The maximum absolute atomic E-state index is 13.2. The Bertz CT molecular complexity index is 1100. The van der Waals surface area contributed by atoms with Crippen LogP contribution in [0.25, 0.3) is 27.1 Å². The van der Waals surface area contributed by atoms with Crippen molar-refractivity contribution in [1.29, 1.82) is 5.41 Å². The highest BCUT2D eigenvalue weighted by Gasteiger charge is 2.26. The Balaban J connectivity index is 1.97. The van der Waals surface area contributed by atoms with Gasteiger partial charge in [-0.1, -0.05) is 12.1 Å². The molecule has 1 aromatic heterocycles. The van der Waals surface area contributed by atoms with E-state index in [-0.39, 0.29) is 5.56 Å². The van der Waals surface area contributed by atoms with Crippen molar-refractivity contribution in [1.82, 2.24) is 9.88 Å². The first kappa shape index (κ1) is 16.5. The number of alkyl halides is 1. The molecular formula is C20H19FN4O. The predicted octanol–water partition coefficient (Wildman–Crippen LogP) is 2.78. The third-order valence-electron chi connectivity index (χ3n) is 4.93. The lowest BCUT2D eigenvalue weighted by Gasteiger charge is -2.34. The fraction of sp³-hybridized carbons (Fsp3) is 0.200. The minimum Gasteiger partial charge on any atom is -0.404 e. The van der Waals surface area contributed by atoms with Crippen molar-refractivity contribution in [2.45, 2.75) is 12.7 Å². The first-order valence-electron chi connectivity index (χ1n) is 8.47. The minimum atomic E-state index is -0.749. The number of likely N-dealkylation sites (tertiary alicyclic amines) is 1. The molecule has 6 heteroatoms. The van der Waals surface area contributed by atoms with Crippen molar-refractivity contribution in [2.75, 3.05) is 13.1 Å². The molecule has 0 aliphatic carbocycles. The Morgan fingerprint density at radius 3 is 2.81 bits per heavy atom. The van der Waals surface area contributed by atoms with Crippen LogP contribution in [0.15, 0.2) is 47.5 Å². The molecule has 5 nitrogen and oxygen atoms in total. The SMILES string of the molecule is N=C/C(=C\N)c1ccc2c(CN3CC(F)C3)cc3cc[nH]c(=O)c3c2c1. The van der Waals surface area contributed by atoms with Gasteiger partial charge in [-0.3, -0.25) is 9.69 Å². The normalized spacial score (nSPS) is 16.1. The van der Waals surface area contributed by atoms with Crippen LogP contribution in [0.3, 0.4) is 0 Å². The van der Waals surface area contributed by atoms with Gasteiger partial charge in [0, 0.05) is 43.8 Å². The van der Waals surface area contributed by atoms with Crippen LogP contribution < -0.4 is 11.3 Å². The van der Waals surface area contributed by atoms with Gasteiger partial charge in [-0.2, -0.15) is 0 Å². The lowest BCUT2D eigenvalue weighted by Crippen LogP contribution is -2.47. The van der Waals surface area contributed by atoms with Gasteiger partial charge in [-0.05, 0) is 45.5 Å². The van der Waals surface area contributed by atoms with Crippen LogP contribution in [0, 0.1) is 5.41 Å². The molecule has 1 aliphatic rings. The fourth-order valence-electron chi connectivity index (χ4n) is 3.60. The average molecular weight is 350 g/mol. The molecule has 3 aromatic rings. The Kier molecular flexibility index (Phi) is 4.05. The topological polar surface area (TPSA) is 86.0 Å². The molecule has 0 saturated carbocycles. The Morgan fingerprint density at radius 1 is 1.31 bits per heavy atom. The van der Waals surface area contributed by atoms with Crippen molar-refractivity contribution in [3.05, 3.63) is 64.2 Å². The molecule has 2 heterocycles. The number of rotatable bonds is 4. The van der Waals surface area contributed by atoms with Gasteiger partial charge in [0.15, 0.2) is 0 Å². The summed E-state index contributed by atoms with van der Waals surface area (Å²) in [5.41, 5.74) is 7.88. The van der Waals surface area contributed by atoms with Crippen LogP contribution in [-0.4, -0.2) is 35.4 Å². The summed E-state index contributed by atoms with van der Waals surface area (Å²) >= 11 is 0. The van der Waals surface area contributed by atoms with Gasteiger partial charge >= 0.3 is 0 Å². The highest BCUT2D eigenvalue weighted by Crippen LogP contribution is 2.30. The number of H-pyrrole nitrogens is 1. The number of hydrogen-bond donors (Lipinski definition) is 3. The van der Waals surface area contributed by atoms with Gasteiger partial charge < -0.3 is 16.1 Å². The molecule has 2 aromatic carbocycles. The number of pyridine rings is 1. The molecule has 4 rings (SSSR count). The van der Waals surface area contributed by atoms with Gasteiger partial charge in [-0.15, -0.1) is 0 Å². The molecular weight excluding hydrogens is 331 g/mol. The zero-order valence-corrected chi connectivity index (χ0v) is 14.1. The van der Waals surface area contributed by atoms with E-state index >= 15 is 0 Å². The maximum atomic E-state index is 13.2. The number of aromatic nitrogens is 1. The largest absolute Gasteiger partial charge is 0.404 e. The monoisotopic (exact) mass is 350 g/mol. The van der Waals surface area contributed by atoms with Crippen molar-refractivity contribution < 1.29 is 4.39 Å². The molecule has 1 fully saturated rings. The molecule has 0 bridgehead atoms. The van der Waals surface area contributed by atoms with Crippen LogP contribution in [0.4, 0.5) is 4.39 Å². The van der Waals surface area contributed by atoms with Crippen molar-refractivity contribution in [3.8, 4) is 0 Å². The summed E-state index contributed by atoms with van der Waals surface area (Å²) in [6.07, 6.45) is 3.46. The van der Waals surface area contributed by atoms with E-state index in [2.05, 4.69) is 9.88 Å². The van der Waals surface area contributed by atoms with Gasteiger partial charge in [0.05, 0.1) is 5.39 Å². The Hall–Kier alpha value is -2.99. The van der Waals surface area contributed by atoms with Gasteiger partial charge in [0.25, 0.3) is 5.56 Å². The molecule has 26 heavy (non-hydrogen) atoms. The summed E-state index contributed by atoms with van der Waals surface area (Å²) in [6, 6.07) is 9.62. The highest BCUT2D eigenvalue weighted by atomic mass is 19.1. The molecule has 0 amide bonds. The predicted molar refractivity (Wildman–Crippen MR) is 103 cm³/mol. The lowest BCUT2D eigenvalue weighted by molar-refractivity contribution is 0.0595. The van der Waals surface area contributed by atoms with E-state index in [9.17, 15) is 9.18 Å². The van der Waals surface area contributed by atoms with Crippen molar-refractivity contribution in [2.24, 2.45) is 5.73 Å². The molecule has 0 spiro atoms. The van der Waals surface area contributed by atoms with E-state index < -0.39 is 6.17 Å². The van der Waals surface area contributed by atoms with E-state index in [0.29, 0.717) is 30.6 Å². The number of nitrogens with two attached hydrogens (primary N) is 1. The Morgan fingerprint density at radius 2 is 2.12 bits per heavy atom. The average Bonchev–Trinajstić information content (AvgIpc) is 2.61. The number of fused-ring (bicyclic) bond motifs is 3. The Labute approximate surface area is 149 Å². The van der Waals surface area contributed by atoms with Crippen LogP contribution in [-0.2, 0) is 6.54 Å². The third kappa shape index (κ3) is 2.68. The highest BCUT2D eigenvalue weighted by molar-refractivity contribution is 6.13. The van der Waals surface area contributed by atoms with E-state index in [1.807, 2.05) is 30.3 Å². The van der Waals surface area contributed by atoms with E-state index in [1.165, 1.54) is 12.4 Å². The molecule has 4 N–H and O–H groups in total. The molecule has 1 aliphatic heterocycles. The summed E-state index contributed by atoms with van der Waals surface area (Å²) in [6.45, 7) is 1.53. The number of aromatic amines is 1. The first-order valence-corrected chi connectivity index (χ1v) is 8.47. The third-order valence-corrected chi connectivity index (χ3v) is 4.93. The second kappa shape index (κ2) is 6.38. The summed E-state index contributed by atoms with van der Waals surface area (Å²) in [4.78, 5) is 17.2. The zero-order chi connectivity index (χ0) is 18.3. The number of hydrogen-bond acceptors (Lipinski definition) is 4. The smallest absolute Gasteiger partial charge is 0.256 e. The maximum Gasteiger partial charge on any atom is 0.256 e. The summed E-state index contributed by atoms with van der Waals surface area (Å²) in [5.74, 6) is 0. The van der Waals surface area contributed by atoms with E-state index in [1.54, 1.807) is 6.20 Å². The molecule has 132 valence electrons. The van der Waals surface area contributed by atoms with Crippen molar-refractivity contribution >= 4 is 33.3 Å². The fourth-order valence-corrected chi connectivity index (χ4v) is 3.60. The van der Waals surface area contributed by atoms with Gasteiger partial charge in [0.1, 0.15) is 6.17 Å². The van der Waals surface area contributed by atoms with E-state index in [4.69, 9.17) is 11.1 Å². The summed E-state index contributed by atoms with van der Waals surface area (Å²) in [5, 5.41) is 10.7. The van der Waals surface area contributed by atoms with Crippen LogP contribution in [0.1, 0.15) is 11.1 Å². The number of nitrogens with one attached hydrogen (secondary N) is 2. The zero-order valence-electron chi connectivity index (χ0n) is 14.1. The van der Waals surface area contributed by atoms with Crippen LogP contribution >= 0.6 is 0 Å². The van der Waals surface area contributed by atoms with E-state index in [0.717, 1.165) is 27.3 Å². The number of benzene rings is 2. The lowest BCUT2D eigenvalue weighted by atomic mass is 9.94. The quantitative estimate of drug-likeness (QED) is 0.499. The van der Waals surface area contributed by atoms with Gasteiger partial charge in [-0.25, -0.2) is 4.39 Å². The van der Waals surface area contributed by atoms with Crippen molar-refractivity contribution in [3.63, 3.8) is 0 Å². The number of halogens is 1.